The number of hydrogen-bond acceptors (Lipinski definition) is 5. The van der Waals surface area contributed by atoms with E-state index in [1.54, 1.807) is 6.07 Å². The fourth-order valence-electron chi connectivity index (χ4n) is 1.65. The van der Waals surface area contributed by atoms with Crippen LogP contribution in [0.15, 0.2) is 23.6 Å². The minimum atomic E-state index is -3.53. The van der Waals surface area contributed by atoms with E-state index in [0.717, 1.165) is 0 Å². The molecule has 2 N–H and O–H groups in total. The van der Waals surface area contributed by atoms with Crippen LogP contribution in [-0.2, 0) is 10.0 Å². The van der Waals surface area contributed by atoms with Gasteiger partial charge in [-0.05, 0) is 18.9 Å². The fourth-order valence-corrected chi connectivity index (χ4v) is 2.96. The maximum Gasteiger partial charge on any atom is 0.278 e. The van der Waals surface area contributed by atoms with Crippen molar-refractivity contribution < 1.29 is 8.42 Å². The highest BCUT2D eigenvalue weighted by Gasteiger charge is 2.29. The second-order valence-corrected chi connectivity index (χ2v) is 5.60. The number of rotatable bonds is 2. The van der Waals surface area contributed by atoms with Gasteiger partial charge >= 0.3 is 0 Å². The molecule has 0 amide bonds. The van der Waals surface area contributed by atoms with E-state index in [-0.39, 0.29) is 23.6 Å². The summed E-state index contributed by atoms with van der Waals surface area (Å²) in [5, 5.41) is -0.134. The normalized spacial score (nSPS) is 18.6. The maximum absolute atomic E-state index is 12.1. The molecule has 1 aromatic rings. The summed E-state index contributed by atoms with van der Waals surface area (Å²) in [6.45, 7) is 0.892. The Bertz CT molecular complexity index is 445. The van der Waals surface area contributed by atoms with E-state index in [0.29, 0.717) is 25.9 Å². The Labute approximate surface area is 107 Å². The molecule has 1 aliphatic rings. The molecule has 6 nitrogen and oxygen atoms in total. The first kappa shape index (κ1) is 14.3. The second-order valence-electron chi connectivity index (χ2n) is 3.77. The van der Waals surface area contributed by atoms with Gasteiger partial charge in [0.05, 0.1) is 0 Å². The van der Waals surface area contributed by atoms with Gasteiger partial charge in [-0.3, -0.25) is 0 Å². The predicted octanol–water partition coefficient (Wildman–Crippen LogP) is 0.0102. The first-order valence-corrected chi connectivity index (χ1v) is 6.57. The molecular formula is C9H15ClN4O2S. The van der Waals surface area contributed by atoms with Gasteiger partial charge in [0.1, 0.15) is 0 Å². The van der Waals surface area contributed by atoms with Gasteiger partial charge in [-0.25, -0.2) is 18.4 Å². The van der Waals surface area contributed by atoms with Crippen LogP contribution in [0, 0.1) is 0 Å². The van der Waals surface area contributed by atoms with Crippen LogP contribution in [0.25, 0.3) is 0 Å². The van der Waals surface area contributed by atoms with Gasteiger partial charge in [0.25, 0.3) is 15.2 Å². The highest BCUT2D eigenvalue weighted by atomic mass is 35.5. The Morgan fingerprint density at radius 1 is 1.24 bits per heavy atom. The molecule has 0 saturated carbocycles. The first-order valence-electron chi connectivity index (χ1n) is 5.13. The third-order valence-electron chi connectivity index (χ3n) is 2.61. The van der Waals surface area contributed by atoms with Crippen molar-refractivity contribution in [3.05, 3.63) is 18.5 Å². The van der Waals surface area contributed by atoms with E-state index in [9.17, 15) is 8.42 Å². The lowest BCUT2D eigenvalue weighted by atomic mass is 10.1. The second kappa shape index (κ2) is 5.72. The summed E-state index contributed by atoms with van der Waals surface area (Å²) in [5.41, 5.74) is 5.73. The summed E-state index contributed by atoms with van der Waals surface area (Å²) >= 11 is 0. The van der Waals surface area contributed by atoms with Crippen LogP contribution in [0.4, 0.5) is 0 Å². The van der Waals surface area contributed by atoms with E-state index >= 15 is 0 Å². The molecule has 0 bridgehead atoms. The Morgan fingerprint density at radius 3 is 2.29 bits per heavy atom. The van der Waals surface area contributed by atoms with Gasteiger partial charge in [-0.1, -0.05) is 0 Å². The highest BCUT2D eigenvalue weighted by Crippen LogP contribution is 2.16. The van der Waals surface area contributed by atoms with Crippen molar-refractivity contribution in [2.24, 2.45) is 5.73 Å². The summed E-state index contributed by atoms with van der Waals surface area (Å²) in [7, 11) is -3.53. The molecule has 0 radical (unpaired) electrons. The van der Waals surface area contributed by atoms with Crippen molar-refractivity contribution in [1.29, 1.82) is 0 Å². The summed E-state index contributed by atoms with van der Waals surface area (Å²) in [6, 6.07) is 1.69. The van der Waals surface area contributed by atoms with Gasteiger partial charge in [-0.15, -0.1) is 12.4 Å². The molecule has 0 aromatic carbocycles. The fraction of sp³-hybridized carbons (Fsp3) is 0.556. The van der Waals surface area contributed by atoms with Gasteiger partial charge in [0.2, 0.25) is 0 Å². The summed E-state index contributed by atoms with van der Waals surface area (Å²) in [5.74, 6) is 0. The number of hydrogen-bond donors (Lipinski definition) is 1. The zero-order valence-electron chi connectivity index (χ0n) is 9.19. The molecule has 1 aliphatic heterocycles. The molecular weight excluding hydrogens is 264 g/mol. The van der Waals surface area contributed by atoms with Crippen LogP contribution < -0.4 is 5.73 Å². The molecule has 0 spiro atoms. The molecule has 17 heavy (non-hydrogen) atoms. The standard InChI is InChI=1S/C9H14N4O2S.ClH/c10-8-2-6-13(7-3-8)16(14,15)9-11-4-1-5-12-9;/h1,4-5,8H,2-3,6-7,10H2;1H. The predicted molar refractivity (Wildman–Crippen MR) is 65.2 cm³/mol. The van der Waals surface area contributed by atoms with Crippen molar-refractivity contribution in [2.75, 3.05) is 13.1 Å². The van der Waals surface area contributed by atoms with Gasteiger partial charge in [0, 0.05) is 31.5 Å². The molecule has 0 atom stereocenters. The molecule has 8 heteroatoms. The molecule has 1 saturated heterocycles. The number of piperidine rings is 1. The first-order chi connectivity index (χ1) is 7.60. The Kier molecular flexibility index (Phi) is 4.81. The van der Waals surface area contributed by atoms with Crippen molar-refractivity contribution >= 4 is 22.4 Å². The largest absolute Gasteiger partial charge is 0.328 e. The number of halogens is 1. The Hall–Kier alpha value is -0.760. The average Bonchev–Trinajstić information content (AvgIpc) is 2.31. The number of aromatic nitrogens is 2. The van der Waals surface area contributed by atoms with Crippen molar-refractivity contribution in [1.82, 2.24) is 14.3 Å². The molecule has 0 unspecified atom stereocenters. The third-order valence-corrected chi connectivity index (χ3v) is 4.33. The Morgan fingerprint density at radius 2 is 1.76 bits per heavy atom. The Balaban J connectivity index is 0.00000144. The van der Waals surface area contributed by atoms with E-state index < -0.39 is 10.0 Å². The van der Waals surface area contributed by atoms with Crippen LogP contribution in [0.3, 0.4) is 0 Å². The van der Waals surface area contributed by atoms with Crippen molar-refractivity contribution in [3.8, 4) is 0 Å². The van der Waals surface area contributed by atoms with E-state index in [2.05, 4.69) is 9.97 Å². The zero-order chi connectivity index (χ0) is 11.6. The van der Waals surface area contributed by atoms with Gasteiger partial charge in [-0.2, -0.15) is 4.31 Å². The monoisotopic (exact) mass is 278 g/mol. The molecule has 1 fully saturated rings. The summed E-state index contributed by atoms with van der Waals surface area (Å²) < 4.78 is 25.5. The van der Waals surface area contributed by atoms with Gasteiger partial charge < -0.3 is 5.73 Å². The zero-order valence-corrected chi connectivity index (χ0v) is 10.8. The minimum Gasteiger partial charge on any atom is -0.328 e. The lowest BCUT2D eigenvalue weighted by Gasteiger charge is -2.28. The SMILES string of the molecule is Cl.NC1CCN(S(=O)(=O)c2ncccn2)CC1. The van der Waals surface area contributed by atoms with Crippen molar-refractivity contribution in [3.63, 3.8) is 0 Å². The molecule has 2 heterocycles. The maximum atomic E-state index is 12.1. The van der Waals surface area contributed by atoms with E-state index in [1.807, 2.05) is 0 Å². The number of nitrogens with two attached hydrogens (primary N) is 1. The van der Waals surface area contributed by atoms with E-state index in [4.69, 9.17) is 5.73 Å². The quantitative estimate of drug-likeness (QED) is 0.770. The summed E-state index contributed by atoms with van der Waals surface area (Å²) in [6.07, 6.45) is 4.23. The molecule has 1 aromatic heterocycles. The molecule has 2 rings (SSSR count). The van der Waals surface area contributed by atoms with Gasteiger partial charge in [0.15, 0.2) is 0 Å². The van der Waals surface area contributed by atoms with Crippen LogP contribution in [-0.4, -0.2) is 41.8 Å². The van der Waals surface area contributed by atoms with Crippen LogP contribution in [0.1, 0.15) is 12.8 Å². The smallest absolute Gasteiger partial charge is 0.278 e. The highest BCUT2D eigenvalue weighted by molar-refractivity contribution is 7.88. The van der Waals surface area contributed by atoms with Crippen molar-refractivity contribution in [2.45, 2.75) is 24.0 Å². The van der Waals surface area contributed by atoms with Crippen LogP contribution in [0.5, 0.6) is 0 Å². The van der Waals surface area contributed by atoms with Crippen LogP contribution >= 0.6 is 12.4 Å². The third kappa shape index (κ3) is 3.12. The topological polar surface area (TPSA) is 89.2 Å². The number of sulfonamides is 1. The number of nitrogens with zero attached hydrogens (tertiary/aromatic N) is 3. The average molecular weight is 279 g/mol. The lowest BCUT2D eigenvalue weighted by Crippen LogP contribution is -2.43. The minimum absolute atomic E-state index is 0. The summed E-state index contributed by atoms with van der Waals surface area (Å²) in [4.78, 5) is 7.55. The molecule has 96 valence electrons. The lowest BCUT2D eigenvalue weighted by molar-refractivity contribution is 0.318. The van der Waals surface area contributed by atoms with Crippen LogP contribution in [0.2, 0.25) is 0 Å². The van der Waals surface area contributed by atoms with E-state index in [1.165, 1.54) is 16.7 Å². The molecule has 0 aliphatic carbocycles.